The van der Waals surface area contributed by atoms with E-state index >= 15 is 0 Å². The molecule has 0 amide bonds. The van der Waals surface area contributed by atoms with Gasteiger partial charge in [0.05, 0.1) is 6.10 Å². The van der Waals surface area contributed by atoms with Gasteiger partial charge in [-0.25, -0.2) is 0 Å². The van der Waals surface area contributed by atoms with E-state index in [4.69, 9.17) is 4.74 Å². The molecule has 0 aliphatic carbocycles. The van der Waals surface area contributed by atoms with Crippen LogP contribution in [0.25, 0.3) is 0 Å². The van der Waals surface area contributed by atoms with Gasteiger partial charge in [-0.05, 0) is 45.4 Å². The number of ketones is 1. The maximum atomic E-state index is 11.3. The zero-order valence-electron chi connectivity index (χ0n) is 17.3. The maximum absolute atomic E-state index is 11.3. The smallest absolute Gasteiger partial charge is 0.306 e. The molecule has 1 atom stereocenters. The number of rotatable bonds is 19. The molecule has 0 aliphatic heterocycles. The monoisotopic (exact) mass is 380 g/mol. The first kappa shape index (κ1) is 25.6. The van der Waals surface area contributed by atoms with Gasteiger partial charge in [-0.15, -0.1) is 0 Å². The molecule has 0 aliphatic rings. The number of Topliss-reactive ketones (excluding diaryl/α,β-unsaturated/α-hetero) is 1. The molecule has 0 spiro atoms. The van der Waals surface area contributed by atoms with E-state index in [1.807, 2.05) is 0 Å². The summed E-state index contributed by atoms with van der Waals surface area (Å²) >= 11 is 0. The molecular weight excluding hydrogens is 340 g/mol. The highest BCUT2D eigenvalue weighted by molar-refractivity contribution is 5.75. The van der Waals surface area contributed by atoms with Crippen LogP contribution < -0.4 is 0 Å². The van der Waals surface area contributed by atoms with E-state index < -0.39 is 0 Å². The Kier molecular flexibility index (Phi) is 18.3. The predicted molar refractivity (Wildman–Crippen MR) is 112 cm³/mol. The van der Waals surface area contributed by atoms with Crippen LogP contribution >= 0.6 is 0 Å². The van der Waals surface area contributed by atoms with Gasteiger partial charge in [-0.1, -0.05) is 63.3 Å². The first-order valence-corrected chi connectivity index (χ1v) is 10.6. The quantitative estimate of drug-likeness (QED) is 0.178. The number of carbonyl (C=O) groups excluding carboxylic acids is 2. The fourth-order valence-electron chi connectivity index (χ4n) is 2.88. The number of unbranched alkanes of at least 4 members (excludes halogenated alkanes) is 8. The zero-order valence-corrected chi connectivity index (χ0v) is 17.3. The second kappa shape index (κ2) is 19.3. The molecular formula is C23H40O4. The van der Waals surface area contributed by atoms with Crippen molar-refractivity contribution < 1.29 is 19.4 Å². The van der Waals surface area contributed by atoms with Gasteiger partial charge in [0.25, 0.3) is 0 Å². The van der Waals surface area contributed by atoms with Crippen LogP contribution in [0, 0.1) is 0 Å². The number of aliphatic hydroxyl groups excluding tert-OH is 1. The molecule has 0 rings (SSSR count). The molecule has 0 aromatic carbocycles. The van der Waals surface area contributed by atoms with Crippen molar-refractivity contribution in [1.82, 2.24) is 0 Å². The molecule has 0 fully saturated rings. The summed E-state index contributed by atoms with van der Waals surface area (Å²) in [5.41, 5.74) is 0. The van der Waals surface area contributed by atoms with Gasteiger partial charge in [0, 0.05) is 12.8 Å². The fraction of sp³-hybridized carbons (Fsp3) is 0.739. The van der Waals surface area contributed by atoms with Crippen LogP contribution in [0.1, 0.15) is 96.8 Å². The van der Waals surface area contributed by atoms with Gasteiger partial charge in [0.2, 0.25) is 0 Å². The summed E-state index contributed by atoms with van der Waals surface area (Å²) in [6.45, 7) is 5.46. The van der Waals surface area contributed by atoms with Crippen LogP contribution in [-0.2, 0) is 14.3 Å². The Morgan fingerprint density at radius 1 is 0.926 bits per heavy atom. The molecule has 0 heterocycles. The zero-order chi connectivity index (χ0) is 20.2. The van der Waals surface area contributed by atoms with Crippen LogP contribution in [-0.4, -0.2) is 29.6 Å². The second-order valence-corrected chi connectivity index (χ2v) is 7.29. The normalized spacial score (nSPS) is 12.2. The van der Waals surface area contributed by atoms with Gasteiger partial charge in [-0.2, -0.15) is 0 Å². The number of aliphatic hydroxyl groups is 1. The highest BCUT2D eigenvalue weighted by Gasteiger charge is 2.02. The number of esters is 1. The second-order valence-electron chi connectivity index (χ2n) is 7.29. The van der Waals surface area contributed by atoms with Crippen molar-refractivity contribution in [3.63, 3.8) is 0 Å². The molecule has 156 valence electrons. The molecule has 0 bridgehead atoms. The third kappa shape index (κ3) is 20.7. The minimum Gasteiger partial charge on any atom is -0.461 e. The molecule has 0 radical (unpaired) electrons. The topological polar surface area (TPSA) is 63.6 Å². The van der Waals surface area contributed by atoms with Crippen molar-refractivity contribution in [1.29, 1.82) is 0 Å². The SMILES string of the molecule is C=CCOC(=O)CCCCCCC/C=C\C[C@H](O)CCCCCCC(C)=O. The number of allylic oxidation sites excluding steroid dienone is 1. The van der Waals surface area contributed by atoms with Crippen molar-refractivity contribution >= 4 is 11.8 Å². The van der Waals surface area contributed by atoms with Crippen molar-refractivity contribution in [2.24, 2.45) is 0 Å². The third-order valence-electron chi connectivity index (χ3n) is 4.50. The summed E-state index contributed by atoms with van der Waals surface area (Å²) < 4.78 is 4.93. The van der Waals surface area contributed by atoms with Gasteiger partial charge >= 0.3 is 5.97 Å². The molecule has 0 aromatic heterocycles. The average Bonchev–Trinajstić information content (AvgIpc) is 2.64. The summed E-state index contributed by atoms with van der Waals surface area (Å²) in [5.74, 6) is 0.136. The van der Waals surface area contributed by atoms with Crippen LogP contribution in [0.4, 0.5) is 0 Å². The summed E-state index contributed by atoms with van der Waals surface area (Å²) in [6.07, 6.45) is 19.1. The number of carbonyl (C=O) groups is 2. The van der Waals surface area contributed by atoms with Crippen LogP contribution in [0.5, 0.6) is 0 Å². The molecule has 0 unspecified atom stereocenters. The van der Waals surface area contributed by atoms with Gasteiger partial charge in [0.15, 0.2) is 0 Å². The first-order valence-electron chi connectivity index (χ1n) is 10.6. The summed E-state index contributed by atoms with van der Waals surface area (Å²) in [6, 6.07) is 0. The molecule has 0 saturated carbocycles. The van der Waals surface area contributed by atoms with E-state index in [-0.39, 0.29) is 17.9 Å². The Balaban J connectivity index is 3.35. The lowest BCUT2D eigenvalue weighted by Crippen LogP contribution is -2.04. The van der Waals surface area contributed by atoms with Gasteiger partial charge in [-0.3, -0.25) is 4.79 Å². The van der Waals surface area contributed by atoms with E-state index in [2.05, 4.69) is 18.7 Å². The van der Waals surface area contributed by atoms with Crippen molar-refractivity contribution in [2.75, 3.05) is 6.61 Å². The Bertz CT molecular complexity index is 415. The lowest BCUT2D eigenvalue weighted by atomic mass is 10.0. The van der Waals surface area contributed by atoms with Crippen molar-refractivity contribution in [2.45, 2.75) is 103 Å². The molecule has 4 heteroatoms. The molecule has 4 nitrogen and oxygen atoms in total. The predicted octanol–water partition coefficient (Wildman–Crippen LogP) is 5.68. The number of hydrogen-bond donors (Lipinski definition) is 1. The highest BCUT2D eigenvalue weighted by atomic mass is 16.5. The number of hydrogen-bond acceptors (Lipinski definition) is 4. The minimum absolute atomic E-state index is 0.132. The largest absolute Gasteiger partial charge is 0.461 e. The van der Waals surface area contributed by atoms with Crippen LogP contribution in [0.15, 0.2) is 24.8 Å². The van der Waals surface area contributed by atoms with E-state index in [1.165, 1.54) is 6.42 Å². The Hall–Kier alpha value is -1.42. The lowest BCUT2D eigenvalue weighted by Gasteiger charge is -2.07. The van der Waals surface area contributed by atoms with E-state index in [9.17, 15) is 14.7 Å². The first-order chi connectivity index (χ1) is 13.1. The molecule has 0 saturated heterocycles. The Morgan fingerprint density at radius 3 is 2.26 bits per heavy atom. The number of ether oxygens (including phenoxy) is 1. The van der Waals surface area contributed by atoms with E-state index in [0.717, 1.165) is 70.6 Å². The Labute approximate surface area is 166 Å². The van der Waals surface area contributed by atoms with Crippen molar-refractivity contribution in [3.05, 3.63) is 24.8 Å². The molecule has 1 N–H and O–H groups in total. The Morgan fingerprint density at radius 2 is 1.56 bits per heavy atom. The van der Waals surface area contributed by atoms with Crippen LogP contribution in [0.3, 0.4) is 0 Å². The highest BCUT2D eigenvalue weighted by Crippen LogP contribution is 2.11. The summed E-state index contributed by atoms with van der Waals surface area (Å²) in [7, 11) is 0. The van der Waals surface area contributed by atoms with Gasteiger partial charge in [0.1, 0.15) is 12.4 Å². The summed E-state index contributed by atoms with van der Waals surface area (Å²) in [5, 5.41) is 9.94. The van der Waals surface area contributed by atoms with Crippen LogP contribution in [0.2, 0.25) is 0 Å². The van der Waals surface area contributed by atoms with E-state index in [1.54, 1.807) is 13.0 Å². The molecule has 0 aromatic rings. The summed E-state index contributed by atoms with van der Waals surface area (Å²) in [4.78, 5) is 22.1. The average molecular weight is 381 g/mol. The fourth-order valence-corrected chi connectivity index (χ4v) is 2.88. The van der Waals surface area contributed by atoms with Crippen molar-refractivity contribution in [3.8, 4) is 0 Å². The van der Waals surface area contributed by atoms with E-state index in [0.29, 0.717) is 19.4 Å². The minimum atomic E-state index is -0.241. The standard InChI is InChI=1S/C23H40O4/c1-3-20-27-23(26)19-15-9-7-5-4-6-8-13-17-22(25)18-14-11-10-12-16-21(2)24/h3,8,13,22,25H,1,4-7,9-12,14-20H2,2H3/b13-8-/t22-/m0/s1. The molecule has 27 heavy (non-hydrogen) atoms. The van der Waals surface area contributed by atoms with Gasteiger partial charge < -0.3 is 14.6 Å². The third-order valence-corrected chi connectivity index (χ3v) is 4.50. The lowest BCUT2D eigenvalue weighted by molar-refractivity contribution is -0.142. The maximum Gasteiger partial charge on any atom is 0.306 e.